The number of nitrogens with one attached hydrogen (secondary N) is 2. The molecule has 2 aliphatic heterocycles. The van der Waals surface area contributed by atoms with Gasteiger partial charge in [0.05, 0.1) is 6.10 Å². The van der Waals surface area contributed by atoms with E-state index in [1.54, 1.807) is 13.8 Å². The molecule has 8 heteroatoms. The molecule has 0 aromatic rings. The van der Waals surface area contributed by atoms with E-state index >= 15 is 0 Å². The van der Waals surface area contributed by atoms with E-state index in [1.807, 2.05) is 4.72 Å². The molecule has 122 valence electrons. The van der Waals surface area contributed by atoms with Crippen molar-refractivity contribution in [1.29, 1.82) is 0 Å². The Bertz CT molecular complexity index is 460. The summed E-state index contributed by atoms with van der Waals surface area (Å²) in [6.45, 7) is 5.69. The topological polar surface area (TPSA) is 87.7 Å². The molecule has 1 atom stereocenters. The van der Waals surface area contributed by atoms with E-state index in [1.165, 1.54) is 4.31 Å². The minimum absolute atomic E-state index is 0.00329. The number of carbonyl (C=O) groups excluding carboxylic acids is 1. The first-order chi connectivity index (χ1) is 9.90. The number of nitrogens with zero attached hydrogens (tertiary/aromatic N) is 1. The van der Waals surface area contributed by atoms with E-state index in [9.17, 15) is 13.2 Å². The molecule has 0 aliphatic carbocycles. The Labute approximate surface area is 126 Å². The maximum atomic E-state index is 12.4. The fourth-order valence-electron chi connectivity index (χ4n) is 3.17. The van der Waals surface area contributed by atoms with Crippen LogP contribution in [0, 0.1) is 5.92 Å². The maximum absolute atomic E-state index is 12.4. The third-order valence-electron chi connectivity index (χ3n) is 4.04. The van der Waals surface area contributed by atoms with Gasteiger partial charge in [-0.25, -0.2) is 9.52 Å². The van der Waals surface area contributed by atoms with Crippen molar-refractivity contribution in [3.8, 4) is 0 Å². The van der Waals surface area contributed by atoms with Gasteiger partial charge in [-0.2, -0.15) is 12.7 Å². The van der Waals surface area contributed by atoms with E-state index in [0.29, 0.717) is 12.5 Å². The summed E-state index contributed by atoms with van der Waals surface area (Å²) in [4.78, 5) is 11.6. The molecule has 2 saturated heterocycles. The summed E-state index contributed by atoms with van der Waals surface area (Å²) in [6, 6.07) is -0.00329. The maximum Gasteiger partial charge on any atom is 0.422 e. The molecule has 7 nitrogen and oxygen atoms in total. The van der Waals surface area contributed by atoms with Crippen LogP contribution in [0.2, 0.25) is 0 Å². The number of hydrogen-bond acceptors (Lipinski definition) is 5. The smallest absolute Gasteiger partial charge is 0.422 e. The second-order valence-corrected chi connectivity index (χ2v) is 7.59. The highest BCUT2D eigenvalue weighted by molar-refractivity contribution is 7.87. The average Bonchev–Trinajstić information content (AvgIpc) is 2.88. The van der Waals surface area contributed by atoms with E-state index in [-0.39, 0.29) is 12.1 Å². The summed E-state index contributed by atoms with van der Waals surface area (Å²) in [5, 5.41) is 3.29. The standard InChI is InChI=1S/C13H25N3O4S/c1-10(2)20-13(17)15-21(18,19)16-9-3-4-12(16)11-5-7-14-8-6-11/h10-12,14H,3-9H2,1-2H3,(H,15,17). The number of hydrogen-bond donors (Lipinski definition) is 2. The number of rotatable bonds is 4. The van der Waals surface area contributed by atoms with Gasteiger partial charge in [0.2, 0.25) is 0 Å². The molecule has 2 fully saturated rings. The quantitative estimate of drug-likeness (QED) is 0.801. The molecule has 2 N–H and O–H groups in total. The predicted molar refractivity (Wildman–Crippen MR) is 79.0 cm³/mol. The summed E-state index contributed by atoms with van der Waals surface area (Å²) in [5.41, 5.74) is 0. The van der Waals surface area contributed by atoms with Gasteiger partial charge < -0.3 is 10.1 Å². The lowest BCUT2D eigenvalue weighted by atomic mass is 9.89. The van der Waals surface area contributed by atoms with Crippen molar-refractivity contribution in [2.24, 2.45) is 5.92 Å². The van der Waals surface area contributed by atoms with Gasteiger partial charge in [-0.05, 0) is 58.5 Å². The van der Waals surface area contributed by atoms with Gasteiger partial charge in [-0.1, -0.05) is 0 Å². The Balaban J connectivity index is 2.01. The Morgan fingerprint density at radius 1 is 1.29 bits per heavy atom. The summed E-state index contributed by atoms with van der Waals surface area (Å²) >= 11 is 0. The monoisotopic (exact) mass is 319 g/mol. The van der Waals surface area contributed by atoms with Gasteiger partial charge in [0.1, 0.15) is 0 Å². The molecule has 1 unspecified atom stereocenters. The third-order valence-corrected chi connectivity index (χ3v) is 5.54. The fourth-order valence-corrected chi connectivity index (χ4v) is 4.55. The van der Waals surface area contributed by atoms with Gasteiger partial charge in [-0.3, -0.25) is 0 Å². The molecule has 0 spiro atoms. The molecule has 2 heterocycles. The predicted octanol–water partition coefficient (Wildman–Crippen LogP) is 0.830. The first-order valence-corrected chi connectivity index (χ1v) is 9.05. The van der Waals surface area contributed by atoms with Crippen LogP contribution in [-0.4, -0.2) is 50.6 Å². The molecule has 2 aliphatic rings. The van der Waals surface area contributed by atoms with Crippen LogP contribution in [0.1, 0.15) is 39.5 Å². The summed E-state index contributed by atoms with van der Waals surface area (Å²) in [6.07, 6.45) is 2.42. The normalized spacial score (nSPS) is 25.2. The van der Waals surface area contributed by atoms with Crippen molar-refractivity contribution >= 4 is 16.3 Å². The van der Waals surface area contributed by atoms with Crippen LogP contribution in [0.4, 0.5) is 4.79 Å². The van der Waals surface area contributed by atoms with Gasteiger partial charge in [0.25, 0.3) is 0 Å². The van der Waals surface area contributed by atoms with E-state index in [0.717, 1.165) is 38.8 Å². The van der Waals surface area contributed by atoms with Gasteiger partial charge in [0, 0.05) is 12.6 Å². The Hall–Kier alpha value is -0.860. The average molecular weight is 319 g/mol. The molecule has 0 aromatic heterocycles. The highest BCUT2D eigenvalue weighted by Crippen LogP contribution is 2.31. The van der Waals surface area contributed by atoms with Crippen LogP contribution >= 0.6 is 0 Å². The van der Waals surface area contributed by atoms with Crippen molar-refractivity contribution in [2.75, 3.05) is 19.6 Å². The molecule has 0 saturated carbocycles. The van der Waals surface area contributed by atoms with Crippen LogP contribution in [0.3, 0.4) is 0 Å². The first kappa shape index (κ1) is 16.5. The molecule has 0 radical (unpaired) electrons. The van der Waals surface area contributed by atoms with Crippen LogP contribution in [-0.2, 0) is 14.9 Å². The Morgan fingerprint density at radius 2 is 1.95 bits per heavy atom. The highest BCUT2D eigenvalue weighted by Gasteiger charge is 2.40. The molecule has 2 rings (SSSR count). The SMILES string of the molecule is CC(C)OC(=O)NS(=O)(=O)N1CCCC1C1CCNCC1. The summed E-state index contributed by atoms with van der Waals surface area (Å²) < 4.78 is 33.1. The van der Waals surface area contributed by atoms with Crippen molar-refractivity contribution in [3.05, 3.63) is 0 Å². The van der Waals surface area contributed by atoms with Crippen molar-refractivity contribution in [1.82, 2.24) is 14.3 Å². The van der Waals surface area contributed by atoms with Gasteiger partial charge >= 0.3 is 16.3 Å². The van der Waals surface area contributed by atoms with Crippen molar-refractivity contribution in [2.45, 2.75) is 51.7 Å². The van der Waals surface area contributed by atoms with Gasteiger partial charge in [0.15, 0.2) is 0 Å². The lowest BCUT2D eigenvalue weighted by Crippen LogP contribution is -2.49. The second-order valence-electron chi connectivity index (χ2n) is 5.97. The summed E-state index contributed by atoms with van der Waals surface area (Å²) in [7, 11) is -3.81. The zero-order valence-electron chi connectivity index (χ0n) is 12.7. The van der Waals surface area contributed by atoms with Crippen molar-refractivity contribution < 1.29 is 17.9 Å². The van der Waals surface area contributed by atoms with E-state index in [2.05, 4.69) is 5.32 Å². The van der Waals surface area contributed by atoms with Crippen LogP contribution in [0.5, 0.6) is 0 Å². The van der Waals surface area contributed by atoms with E-state index < -0.39 is 16.3 Å². The van der Waals surface area contributed by atoms with Crippen molar-refractivity contribution in [3.63, 3.8) is 0 Å². The molecule has 21 heavy (non-hydrogen) atoms. The largest absolute Gasteiger partial charge is 0.446 e. The van der Waals surface area contributed by atoms with Crippen LogP contribution in [0.15, 0.2) is 0 Å². The Kier molecular flexibility index (Phi) is 5.45. The second kappa shape index (κ2) is 6.93. The number of ether oxygens (including phenoxy) is 1. The molecular weight excluding hydrogens is 294 g/mol. The number of carbonyl (C=O) groups is 1. The highest BCUT2D eigenvalue weighted by atomic mass is 32.2. The molecule has 0 aromatic carbocycles. The minimum atomic E-state index is -3.81. The zero-order chi connectivity index (χ0) is 15.5. The molecule has 1 amide bonds. The fraction of sp³-hybridized carbons (Fsp3) is 0.923. The minimum Gasteiger partial charge on any atom is -0.446 e. The third kappa shape index (κ3) is 4.31. The zero-order valence-corrected chi connectivity index (χ0v) is 13.5. The molecular formula is C13H25N3O4S. The van der Waals surface area contributed by atoms with Crippen LogP contribution < -0.4 is 10.0 Å². The lowest BCUT2D eigenvalue weighted by molar-refractivity contribution is 0.120. The Morgan fingerprint density at radius 3 is 2.57 bits per heavy atom. The number of piperidine rings is 1. The molecule has 0 bridgehead atoms. The number of amides is 1. The first-order valence-electron chi connectivity index (χ1n) is 7.61. The summed E-state index contributed by atoms with van der Waals surface area (Å²) in [5.74, 6) is 0.367. The van der Waals surface area contributed by atoms with E-state index in [4.69, 9.17) is 4.74 Å². The van der Waals surface area contributed by atoms with Gasteiger partial charge in [-0.15, -0.1) is 0 Å². The lowest BCUT2D eigenvalue weighted by Gasteiger charge is -2.33. The van der Waals surface area contributed by atoms with Crippen LogP contribution in [0.25, 0.3) is 0 Å².